The van der Waals surface area contributed by atoms with Gasteiger partial charge in [-0.15, -0.1) is 11.6 Å². The Balaban J connectivity index is 2.38. The van der Waals surface area contributed by atoms with Crippen molar-refractivity contribution in [2.75, 3.05) is 5.88 Å². The Hall–Kier alpha value is -1.54. The van der Waals surface area contributed by atoms with Crippen LogP contribution in [-0.4, -0.2) is 11.8 Å². The third-order valence-electron chi connectivity index (χ3n) is 2.68. The summed E-state index contributed by atoms with van der Waals surface area (Å²) in [6.07, 6.45) is -0.285. The zero-order valence-electron chi connectivity index (χ0n) is 9.52. The van der Waals surface area contributed by atoms with E-state index in [1.54, 1.807) is 0 Å². The van der Waals surface area contributed by atoms with E-state index in [0.29, 0.717) is 0 Å². The number of fused-ring (bicyclic) bond motifs is 1. The molecule has 0 aliphatic heterocycles. The number of ether oxygens (including phenoxy) is 1. The number of carbonyl (C=O) groups excluding carboxylic acids is 1. The van der Waals surface area contributed by atoms with Crippen LogP contribution in [0.1, 0.15) is 18.6 Å². The molecule has 0 aliphatic rings. The van der Waals surface area contributed by atoms with Gasteiger partial charge in [-0.05, 0) is 23.3 Å². The topological polar surface area (TPSA) is 26.3 Å². The molecule has 0 aliphatic carbocycles. The van der Waals surface area contributed by atoms with Crippen molar-refractivity contribution in [1.29, 1.82) is 0 Å². The van der Waals surface area contributed by atoms with Crippen LogP contribution in [0, 0.1) is 0 Å². The van der Waals surface area contributed by atoms with Crippen molar-refractivity contribution >= 4 is 28.3 Å². The molecule has 0 saturated carbocycles. The van der Waals surface area contributed by atoms with Crippen molar-refractivity contribution in [2.45, 2.75) is 13.0 Å². The molecule has 3 heteroatoms. The normalized spacial score (nSPS) is 12.4. The van der Waals surface area contributed by atoms with E-state index >= 15 is 0 Å². The van der Waals surface area contributed by atoms with E-state index in [1.807, 2.05) is 49.4 Å². The van der Waals surface area contributed by atoms with E-state index in [4.69, 9.17) is 16.3 Å². The molecule has 2 nitrogen and oxygen atoms in total. The maximum atomic E-state index is 11.2. The summed E-state index contributed by atoms with van der Waals surface area (Å²) >= 11 is 5.43. The van der Waals surface area contributed by atoms with Gasteiger partial charge in [0.25, 0.3) is 0 Å². The molecule has 0 aromatic heterocycles. The minimum Gasteiger partial charge on any atom is -0.457 e. The molecule has 2 rings (SSSR count). The highest BCUT2D eigenvalue weighted by atomic mass is 35.5. The molecule has 0 bridgehead atoms. The largest absolute Gasteiger partial charge is 0.457 e. The SMILES string of the molecule is CC(OC(=O)CCl)c1cccc2ccccc12. The van der Waals surface area contributed by atoms with E-state index in [9.17, 15) is 4.79 Å². The number of rotatable bonds is 3. The molecule has 17 heavy (non-hydrogen) atoms. The maximum absolute atomic E-state index is 11.2. The van der Waals surface area contributed by atoms with Gasteiger partial charge in [0, 0.05) is 0 Å². The summed E-state index contributed by atoms with van der Waals surface area (Å²) in [6, 6.07) is 14.0. The predicted octanol–water partition coefficient (Wildman–Crippen LogP) is 3.68. The summed E-state index contributed by atoms with van der Waals surface area (Å²) in [5.41, 5.74) is 1.00. The van der Waals surface area contributed by atoms with Crippen LogP contribution in [0.5, 0.6) is 0 Å². The molecule has 0 heterocycles. The molecule has 0 spiro atoms. The van der Waals surface area contributed by atoms with Crippen LogP contribution in [0.3, 0.4) is 0 Å². The molecule has 0 saturated heterocycles. The lowest BCUT2D eigenvalue weighted by molar-refractivity contribution is -0.145. The number of hydrogen-bond acceptors (Lipinski definition) is 2. The number of halogens is 1. The standard InChI is InChI=1S/C14H13ClO2/c1-10(17-14(16)9-15)12-8-4-6-11-5-2-3-7-13(11)12/h2-8,10H,9H2,1H3. The lowest BCUT2D eigenvalue weighted by Crippen LogP contribution is -2.10. The average molecular weight is 249 g/mol. The summed E-state index contributed by atoms with van der Waals surface area (Å²) < 4.78 is 5.22. The highest BCUT2D eigenvalue weighted by molar-refractivity contribution is 6.26. The first-order valence-electron chi connectivity index (χ1n) is 5.45. The first-order chi connectivity index (χ1) is 8.22. The summed E-state index contributed by atoms with van der Waals surface area (Å²) in [5.74, 6) is -0.512. The second-order valence-corrected chi connectivity index (χ2v) is 4.10. The Bertz CT molecular complexity index is 531. The van der Waals surface area contributed by atoms with Crippen LogP contribution >= 0.6 is 11.6 Å². The van der Waals surface area contributed by atoms with E-state index in [2.05, 4.69) is 0 Å². The second-order valence-electron chi connectivity index (χ2n) is 3.83. The first kappa shape index (κ1) is 11.9. The van der Waals surface area contributed by atoms with Crippen molar-refractivity contribution in [3.8, 4) is 0 Å². The highest BCUT2D eigenvalue weighted by Gasteiger charge is 2.13. The fourth-order valence-corrected chi connectivity index (χ4v) is 1.96. The summed E-state index contributed by atoms with van der Waals surface area (Å²) in [5, 5.41) is 2.24. The third-order valence-corrected chi connectivity index (χ3v) is 2.90. The van der Waals surface area contributed by atoms with Gasteiger partial charge in [0.1, 0.15) is 12.0 Å². The van der Waals surface area contributed by atoms with Crippen LogP contribution in [0.4, 0.5) is 0 Å². The highest BCUT2D eigenvalue weighted by Crippen LogP contribution is 2.26. The number of benzene rings is 2. The Labute approximate surface area is 105 Å². The minimum atomic E-state index is -0.396. The predicted molar refractivity (Wildman–Crippen MR) is 69.2 cm³/mol. The maximum Gasteiger partial charge on any atom is 0.321 e. The van der Waals surface area contributed by atoms with Gasteiger partial charge in [-0.1, -0.05) is 42.5 Å². The van der Waals surface area contributed by atoms with Gasteiger partial charge >= 0.3 is 5.97 Å². The molecule has 0 amide bonds. The molecule has 2 aromatic carbocycles. The van der Waals surface area contributed by atoms with Crippen LogP contribution in [0.15, 0.2) is 42.5 Å². The summed E-state index contributed by atoms with van der Waals surface area (Å²) in [7, 11) is 0. The van der Waals surface area contributed by atoms with Gasteiger partial charge in [-0.2, -0.15) is 0 Å². The van der Waals surface area contributed by atoms with E-state index in [0.717, 1.165) is 16.3 Å². The van der Waals surface area contributed by atoms with Gasteiger partial charge < -0.3 is 4.74 Å². The Kier molecular flexibility index (Phi) is 3.64. The van der Waals surface area contributed by atoms with Crippen molar-refractivity contribution < 1.29 is 9.53 Å². The number of carbonyl (C=O) groups is 1. The van der Waals surface area contributed by atoms with Gasteiger partial charge in [-0.25, -0.2) is 0 Å². The van der Waals surface area contributed by atoms with Gasteiger partial charge in [-0.3, -0.25) is 4.79 Å². The van der Waals surface area contributed by atoms with Crippen LogP contribution in [0.25, 0.3) is 10.8 Å². The van der Waals surface area contributed by atoms with Gasteiger partial charge in [0.05, 0.1) is 0 Å². The fourth-order valence-electron chi connectivity index (χ4n) is 1.90. The lowest BCUT2D eigenvalue weighted by Gasteiger charge is -2.15. The molecule has 2 aromatic rings. The molecule has 0 fully saturated rings. The summed E-state index contributed by atoms with van der Waals surface area (Å²) in [6.45, 7) is 1.85. The number of hydrogen-bond donors (Lipinski definition) is 0. The quantitative estimate of drug-likeness (QED) is 0.612. The zero-order valence-corrected chi connectivity index (χ0v) is 10.3. The van der Waals surface area contributed by atoms with Crippen LogP contribution < -0.4 is 0 Å². The summed E-state index contributed by atoms with van der Waals surface area (Å²) in [4.78, 5) is 11.2. The molecule has 0 N–H and O–H groups in total. The number of esters is 1. The van der Waals surface area contributed by atoms with Crippen LogP contribution in [0.2, 0.25) is 0 Å². The second kappa shape index (κ2) is 5.19. The lowest BCUT2D eigenvalue weighted by atomic mass is 10.0. The molecular weight excluding hydrogens is 236 g/mol. The molecule has 1 atom stereocenters. The minimum absolute atomic E-state index is 0.116. The Morgan fingerprint density at radius 2 is 1.94 bits per heavy atom. The van der Waals surface area contributed by atoms with Crippen molar-refractivity contribution in [3.63, 3.8) is 0 Å². The third kappa shape index (κ3) is 2.59. The fraction of sp³-hybridized carbons (Fsp3) is 0.214. The van der Waals surface area contributed by atoms with E-state index in [1.165, 1.54) is 0 Å². The van der Waals surface area contributed by atoms with E-state index < -0.39 is 5.97 Å². The monoisotopic (exact) mass is 248 g/mol. The van der Waals surface area contributed by atoms with Crippen LogP contribution in [-0.2, 0) is 9.53 Å². The molecule has 0 radical (unpaired) electrons. The van der Waals surface area contributed by atoms with E-state index in [-0.39, 0.29) is 12.0 Å². The number of alkyl halides is 1. The molecule has 1 unspecified atom stereocenters. The van der Waals surface area contributed by atoms with Crippen molar-refractivity contribution in [1.82, 2.24) is 0 Å². The van der Waals surface area contributed by atoms with Gasteiger partial charge in [0.2, 0.25) is 0 Å². The first-order valence-corrected chi connectivity index (χ1v) is 5.99. The zero-order chi connectivity index (χ0) is 12.3. The Morgan fingerprint density at radius 1 is 1.24 bits per heavy atom. The Morgan fingerprint density at radius 3 is 2.71 bits per heavy atom. The van der Waals surface area contributed by atoms with Crippen molar-refractivity contribution in [3.05, 3.63) is 48.0 Å². The molecule has 88 valence electrons. The van der Waals surface area contributed by atoms with Crippen molar-refractivity contribution in [2.24, 2.45) is 0 Å². The molecular formula is C14H13ClO2. The average Bonchev–Trinajstić information content (AvgIpc) is 2.37. The smallest absolute Gasteiger partial charge is 0.321 e. The van der Waals surface area contributed by atoms with Gasteiger partial charge in [0.15, 0.2) is 0 Å².